The molecule has 0 aliphatic heterocycles. The summed E-state index contributed by atoms with van der Waals surface area (Å²) in [7, 11) is 0. The van der Waals surface area contributed by atoms with E-state index in [0.717, 1.165) is 30.6 Å². The first-order valence-electron chi connectivity index (χ1n) is 8.67. The largest absolute Gasteiger partial charge is 0.392 e. The lowest BCUT2D eigenvalue weighted by atomic mass is 9.70. The van der Waals surface area contributed by atoms with E-state index in [2.05, 4.69) is 17.5 Å². The van der Waals surface area contributed by atoms with Crippen LogP contribution in [0.3, 0.4) is 0 Å². The van der Waals surface area contributed by atoms with Crippen LogP contribution in [0.2, 0.25) is 0 Å². The minimum atomic E-state index is -0.219. The molecule has 3 aliphatic rings. The molecule has 24 heavy (non-hydrogen) atoms. The van der Waals surface area contributed by atoms with Gasteiger partial charge in [0.05, 0.1) is 6.10 Å². The molecular formula is C20H25FN2O. The number of halogens is 1. The Kier molecular flexibility index (Phi) is 4.86. The molecule has 3 aliphatic carbocycles. The van der Waals surface area contributed by atoms with Crippen LogP contribution < -0.4 is 5.32 Å². The molecule has 4 rings (SSSR count). The molecule has 4 heteroatoms. The van der Waals surface area contributed by atoms with Crippen LogP contribution in [0.4, 0.5) is 10.1 Å². The molecule has 2 unspecified atom stereocenters. The summed E-state index contributed by atoms with van der Waals surface area (Å²) >= 11 is 0. The topological polar surface area (TPSA) is 56.1 Å². The molecule has 0 amide bonds. The van der Waals surface area contributed by atoms with Crippen molar-refractivity contribution in [1.29, 1.82) is 5.41 Å². The Bertz CT molecular complexity index is 661. The monoisotopic (exact) mass is 328 g/mol. The van der Waals surface area contributed by atoms with E-state index in [4.69, 9.17) is 5.41 Å². The minimum Gasteiger partial charge on any atom is -0.392 e. The van der Waals surface area contributed by atoms with Crippen LogP contribution >= 0.6 is 0 Å². The molecule has 2 saturated carbocycles. The normalized spacial score (nSPS) is 28.0. The third-order valence-electron chi connectivity index (χ3n) is 5.31. The second-order valence-corrected chi connectivity index (χ2v) is 6.82. The first-order chi connectivity index (χ1) is 11.6. The van der Waals surface area contributed by atoms with Gasteiger partial charge in [0.1, 0.15) is 5.82 Å². The molecule has 0 saturated heterocycles. The SMILES string of the molecule is CC=N.OC1CCC2=CC(Nc3ccc(F)cc3)=CCC21C1CC1. The maximum absolute atomic E-state index is 12.9. The van der Waals surface area contributed by atoms with Crippen molar-refractivity contribution in [3.63, 3.8) is 0 Å². The minimum absolute atomic E-state index is 0.0218. The summed E-state index contributed by atoms with van der Waals surface area (Å²) in [5.41, 5.74) is 3.40. The first-order valence-corrected chi connectivity index (χ1v) is 8.67. The standard InChI is InChI=1S/C18H20FNO.C2H5N/c19-14-4-6-15(7-5-14)20-16-9-10-18(12-1-2-12)13(11-16)3-8-17(18)21;1-2-3/h4-7,9,11-12,17,20-21H,1-3,8,10H2;2-3H,1H3. The van der Waals surface area contributed by atoms with Gasteiger partial charge in [-0.25, -0.2) is 4.39 Å². The maximum Gasteiger partial charge on any atom is 0.123 e. The van der Waals surface area contributed by atoms with Gasteiger partial charge < -0.3 is 15.8 Å². The number of nitrogens with one attached hydrogen (secondary N) is 2. The number of hydrogen-bond acceptors (Lipinski definition) is 3. The highest BCUT2D eigenvalue weighted by molar-refractivity contribution is 5.53. The third kappa shape index (κ3) is 3.16. The molecular weight excluding hydrogens is 303 g/mol. The molecule has 0 aromatic heterocycles. The number of anilines is 1. The molecule has 0 spiro atoms. The summed E-state index contributed by atoms with van der Waals surface area (Å²) in [6.45, 7) is 1.67. The highest BCUT2D eigenvalue weighted by Crippen LogP contribution is 2.61. The summed E-state index contributed by atoms with van der Waals surface area (Å²) < 4.78 is 12.9. The van der Waals surface area contributed by atoms with Crippen LogP contribution in [0.1, 0.15) is 39.0 Å². The van der Waals surface area contributed by atoms with E-state index in [0.29, 0.717) is 5.92 Å². The van der Waals surface area contributed by atoms with Gasteiger partial charge in [-0.1, -0.05) is 11.6 Å². The lowest BCUT2D eigenvalue weighted by Crippen LogP contribution is -2.35. The molecule has 2 fully saturated rings. The van der Waals surface area contributed by atoms with Crippen molar-refractivity contribution < 1.29 is 9.50 Å². The van der Waals surface area contributed by atoms with Crippen molar-refractivity contribution in [2.24, 2.45) is 11.3 Å². The van der Waals surface area contributed by atoms with Gasteiger partial charge in [-0.05, 0) is 81.5 Å². The number of aliphatic hydroxyl groups is 1. The molecule has 0 heterocycles. The zero-order valence-electron chi connectivity index (χ0n) is 14.1. The van der Waals surface area contributed by atoms with E-state index < -0.39 is 0 Å². The van der Waals surface area contributed by atoms with E-state index >= 15 is 0 Å². The highest BCUT2D eigenvalue weighted by atomic mass is 19.1. The summed E-state index contributed by atoms with van der Waals surface area (Å²) in [4.78, 5) is 0. The Morgan fingerprint density at radius 3 is 2.54 bits per heavy atom. The Labute approximate surface area is 142 Å². The van der Waals surface area contributed by atoms with Crippen LogP contribution in [-0.2, 0) is 0 Å². The number of rotatable bonds is 3. The Balaban J connectivity index is 0.000000526. The van der Waals surface area contributed by atoms with Gasteiger partial charge in [-0.2, -0.15) is 0 Å². The fourth-order valence-electron chi connectivity index (χ4n) is 4.08. The number of aliphatic hydroxyl groups excluding tert-OH is 1. The summed E-state index contributed by atoms with van der Waals surface area (Å²) in [6, 6.07) is 6.43. The van der Waals surface area contributed by atoms with E-state index in [1.807, 2.05) is 0 Å². The van der Waals surface area contributed by atoms with Gasteiger partial charge in [0, 0.05) is 16.8 Å². The Hall–Kier alpha value is -1.94. The van der Waals surface area contributed by atoms with Crippen molar-refractivity contribution in [1.82, 2.24) is 0 Å². The fourth-order valence-corrected chi connectivity index (χ4v) is 4.08. The van der Waals surface area contributed by atoms with E-state index in [-0.39, 0.29) is 17.3 Å². The fraction of sp³-hybridized carbons (Fsp3) is 0.450. The number of fused-ring (bicyclic) bond motifs is 1. The Morgan fingerprint density at radius 2 is 1.92 bits per heavy atom. The predicted octanol–water partition coefficient (Wildman–Crippen LogP) is 4.66. The number of benzene rings is 1. The first kappa shape index (κ1) is 16.9. The lowest BCUT2D eigenvalue weighted by molar-refractivity contribution is 0.0569. The van der Waals surface area contributed by atoms with Crippen molar-refractivity contribution >= 4 is 11.9 Å². The quantitative estimate of drug-likeness (QED) is 0.707. The average Bonchev–Trinajstić information content (AvgIpc) is 3.37. The second kappa shape index (κ2) is 6.89. The molecule has 1 aromatic carbocycles. The van der Waals surface area contributed by atoms with Crippen molar-refractivity contribution in [2.45, 2.75) is 45.1 Å². The van der Waals surface area contributed by atoms with E-state index in [1.165, 1.54) is 36.8 Å². The van der Waals surface area contributed by atoms with Gasteiger partial charge in [0.25, 0.3) is 0 Å². The van der Waals surface area contributed by atoms with Crippen molar-refractivity contribution in [3.8, 4) is 0 Å². The number of hydrogen-bond donors (Lipinski definition) is 3. The van der Waals surface area contributed by atoms with Crippen LogP contribution in [0.5, 0.6) is 0 Å². The predicted molar refractivity (Wildman–Crippen MR) is 95.7 cm³/mol. The van der Waals surface area contributed by atoms with Crippen molar-refractivity contribution in [3.05, 3.63) is 53.5 Å². The summed E-state index contributed by atoms with van der Waals surface area (Å²) in [5, 5.41) is 19.9. The molecule has 2 atom stereocenters. The molecule has 0 bridgehead atoms. The van der Waals surface area contributed by atoms with Crippen LogP contribution in [-0.4, -0.2) is 17.4 Å². The van der Waals surface area contributed by atoms with Gasteiger partial charge in [-0.15, -0.1) is 0 Å². The Morgan fingerprint density at radius 1 is 1.25 bits per heavy atom. The van der Waals surface area contributed by atoms with Crippen molar-refractivity contribution in [2.75, 3.05) is 5.32 Å². The third-order valence-corrected chi connectivity index (χ3v) is 5.31. The lowest BCUT2D eigenvalue weighted by Gasteiger charge is -2.36. The van der Waals surface area contributed by atoms with Crippen LogP contribution in [0.25, 0.3) is 0 Å². The highest BCUT2D eigenvalue weighted by Gasteiger charge is 2.55. The van der Waals surface area contributed by atoms with E-state index in [9.17, 15) is 9.50 Å². The van der Waals surface area contributed by atoms with Gasteiger partial charge in [0.15, 0.2) is 0 Å². The summed E-state index contributed by atoms with van der Waals surface area (Å²) in [6.07, 6.45) is 10.8. The van der Waals surface area contributed by atoms with Gasteiger partial charge >= 0.3 is 0 Å². The average molecular weight is 328 g/mol. The molecule has 3 N–H and O–H groups in total. The zero-order valence-corrected chi connectivity index (χ0v) is 14.1. The van der Waals surface area contributed by atoms with Gasteiger partial charge in [-0.3, -0.25) is 0 Å². The second-order valence-electron chi connectivity index (χ2n) is 6.82. The van der Waals surface area contributed by atoms with Crippen LogP contribution in [0, 0.1) is 22.6 Å². The smallest absolute Gasteiger partial charge is 0.123 e. The zero-order chi connectivity index (χ0) is 17.2. The molecule has 1 aromatic rings. The van der Waals surface area contributed by atoms with Gasteiger partial charge in [0.2, 0.25) is 0 Å². The summed E-state index contributed by atoms with van der Waals surface area (Å²) in [5.74, 6) is 0.452. The maximum atomic E-state index is 12.9. The van der Waals surface area contributed by atoms with Crippen LogP contribution in [0.15, 0.2) is 47.7 Å². The van der Waals surface area contributed by atoms with E-state index in [1.54, 1.807) is 19.1 Å². The molecule has 3 nitrogen and oxygen atoms in total. The molecule has 0 radical (unpaired) electrons. The molecule has 128 valence electrons. The number of allylic oxidation sites excluding steroid dienone is 2.